The first kappa shape index (κ1) is 17.2. The van der Waals surface area contributed by atoms with Crippen molar-refractivity contribution < 1.29 is 19.8 Å². The van der Waals surface area contributed by atoms with E-state index in [2.05, 4.69) is 5.32 Å². The number of hydrogen-bond donors (Lipinski definition) is 4. The van der Waals surface area contributed by atoms with E-state index in [0.717, 1.165) is 0 Å². The average molecular weight is 351 g/mol. The lowest BCUT2D eigenvalue weighted by atomic mass is 9.95. The molecular formula is C16H21N3O4S. The Labute approximate surface area is 144 Å². The summed E-state index contributed by atoms with van der Waals surface area (Å²) in [6.07, 6.45) is -1.03. The summed E-state index contributed by atoms with van der Waals surface area (Å²) in [5, 5.41) is 22.2. The van der Waals surface area contributed by atoms with Crippen LogP contribution in [-0.2, 0) is 9.59 Å². The van der Waals surface area contributed by atoms with E-state index in [1.54, 1.807) is 24.3 Å². The number of thioether (sulfide) groups is 1. The minimum atomic E-state index is -1.03. The molecule has 2 fully saturated rings. The predicted octanol–water partition coefficient (Wildman–Crippen LogP) is 0.110. The number of fused-ring (bicyclic) bond motifs is 1. The van der Waals surface area contributed by atoms with Gasteiger partial charge in [0.25, 0.3) is 0 Å². The second-order valence-electron chi connectivity index (χ2n) is 6.64. The fourth-order valence-electron chi connectivity index (χ4n) is 3.37. The number of carboxylic acids is 1. The lowest BCUT2D eigenvalue weighted by Crippen LogP contribution is -2.73. The molecule has 1 aromatic carbocycles. The van der Waals surface area contributed by atoms with E-state index in [1.165, 1.54) is 16.7 Å². The van der Waals surface area contributed by atoms with Crippen LogP contribution in [0.5, 0.6) is 0 Å². The molecule has 130 valence electrons. The standard InChI is InChI=1S/C16H21N3O4S/c1-16(2)11(15(22)23)19-13(21)10(14(19)24-16)18-12(20)9(17)8-6-4-3-5-7-8/h3-7,9-11,13-14,21H,17H2,1-2H3,(H,18,20)(H,22,23)/t9-,10-,11+,13?,14-/m1/s1. The maximum atomic E-state index is 12.4. The molecule has 2 aliphatic heterocycles. The molecule has 1 unspecified atom stereocenters. The highest BCUT2D eigenvalue weighted by Gasteiger charge is 2.64. The summed E-state index contributed by atoms with van der Waals surface area (Å²) in [7, 11) is 0. The van der Waals surface area contributed by atoms with Gasteiger partial charge in [-0.2, -0.15) is 0 Å². The number of aliphatic hydroxyl groups is 1. The minimum Gasteiger partial charge on any atom is -0.480 e. The summed E-state index contributed by atoms with van der Waals surface area (Å²) in [6.45, 7) is 3.66. The minimum absolute atomic E-state index is 0.275. The van der Waals surface area contributed by atoms with Crippen molar-refractivity contribution in [2.75, 3.05) is 0 Å². The van der Waals surface area contributed by atoms with Crippen molar-refractivity contribution in [3.63, 3.8) is 0 Å². The molecule has 1 aromatic rings. The number of aliphatic carboxylic acids is 1. The number of carbonyl (C=O) groups is 2. The van der Waals surface area contributed by atoms with Gasteiger partial charge in [-0.1, -0.05) is 30.3 Å². The van der Waals surface area contributed by atoms with Crippen LogP contribution in [0.3, 0.4) is 0 Å². The molecule has 1 amide bonds. The van der Waals surface area contributed by atoms with Gasteiger partial charge in [0.1, 0.15) is 18.3 Å². The number of benzene rings is 1. The summed E-state index contributed by atoms with van der Waals surface area (Å²) in [5.41, 5.74) is 6.65. The Kier molecular flexibility index (Phi) is 4.33. The van der Waals surface area contributed by atoms with Crippen LogP contribution >= 0.6 is 11.8 Å². The van der Waals surface area contributed by atoms with Crippen molar-refractivity contribution in [2.24, 2.45) is 5.73 Å². The van der Waals surface area contributed by atoms with E-state index in [9.17, 15) is 19.8 Å². The summed E-state index contributed by atoms with van der Waals surface area (Å²) in [6, 6.07) is 6.81. The second-order valence-corrected chi connectivity index (χ2v) is 8.41. The van der Waals surface area contributed by atoms with Crippen LogP contribution in [0.1, 0.15) is 25.5 Å². The highest BCUT2D eigenvalue weighted by molar-refractivity contribution is 8.01. The molecule has 2 heterocycles. The summed E-state index contributed by atoms with van der Waals surface area (Å²) >= 11 is 1.44. The molecule has 5 N–H and O–H groups in total. The van der Waals surface area contributed by atoms with Crippen LogP contribution in [-0.4, -0.2) is 55.4 Å². The first-order chi connectivity index (χ1) is 11.2. The molecule has 0 aliphatic carbocycles. The van der Waals surface area contributed by atoms with Crippen LogP contribution in [0.25, 0.3) is 0 Å². The molecule has 24 heavy (non-hydrogen) atoms. The monoisotopic (exact) mass is 351 g/mol. The zero-order chi connectivity index (χ0) is 17.6. The molecule has 3 rings (SSSR count). The van der Waals surface area contributed by atoms with E-state index in [-0.39, 0.29) is 11.3 Å². The Morgan fingerprint density at radius 3 is 2.54 bits per heavy atom. The van der Waals surface area contributed by atoms with Gasteiger partial charge < -0.3 is 21.3 Å². The molecule has 8 heteroatoms. The van der Waals surface area contributed by atoms with Gasteiger partial charge >= 0.3 is 5.97 Å². The molecule has 5 atom stereocenters. The Morgan fingerprint density at radius 1 is 1.33 bits per heavy atom. The SMILES string of the molecule is CC1(C)S[C@@H]2[C@H](NC(=O)[C@H](N)c3ccccc3)C(O)N2[C@H]1C(=O)O. The average Bonchev–Trinajstić information content (AvgIpc) is 2.80. The normalized spacial score (nSPS) is 32.5. The van der Waals surface area contributed by atoms with Crippen LogP contribution in [0.4, 0.5) is 0 Å². The van der Waals surface area contributed by atoms with Crippen LogP contribution < -0.4 is 11.1 Å². The maximum absolute atomic E-state index is 12.4. The smallest absolute Gasteiger partial charge is 0.322 e. The first-order valence-corrected chi connectivity index (χ1v) is 8.59. The van der Waals surface area contributed by atoms with Crippen LogP contribution in [0.2, 0.25) is 0 Å². The van der Waals surface area contributed by atoms with Crippen molar-refractivity contribution in [3.05, 3.63) is 35.9 Å². The number of carbonyl (C=O) groups excluding carboxylic acids is 1. The van der Waals surface area contributed by atoms with Crippen molar-refractivity contribution >= 4 is 23.6 Å². The van der Waals surface area contributed by atoms with Crippen LogP contribution in [0.15, 0.2) is 30.3 Å². The van der Waals surface area contributed by atoms with E-state index in [4.69, 9.17) is 5.73 Å². The second kappa shape index (κ2) is 6.03. The zero-order valence-electron chi connectivity index (χ0n) is 13.4. The number of amides is 1. The van der Waals surface area contributed by atoms with Gasteiger partial charge in [-0.15, -0.1) is 11.8 Å². The molecule has 0 saturated carbocycles. The number of hydrogen-bond acceptors (Lipinski definition) is 6. The van der Waals surface area contributed by atoms with Gasteiger partial charge in [-0.05, 0) is 19.4 Å². The zero-order valence-corrected chi connectivity index (χ0v) is 14.2. The summed E-state index contributed by atoms with van der Waals surface area (Å²) in [4.78, 5) is 25.4. The third-order valence-corrected chi connectivity index (χ3v) is 6.20. The molecule has 0 bridgehead atoms. The maximum Gasteiger partial charge on any atom is 0.322 e. The fraction of sp³-hybridized carbons (Fsp3) is 0.500. The number of nitrogens with zero attached hydrogens (tertiary/aromatic N) is 1. The predicted molar refractivity (Wildman–Crippen MR) is 90.0 cm³/mol. The van der Waals surface area contributed by atoms with Gasteiger partial charge in [0.05, 0.1) is 11.4 Å². The van der Waals surface area contributed by atoms with Gasteiger partial charge in [0.2, 0.25) is 5.91 Å². The molecule has 2 saturated heterocycles. The lowest BCUT2D eigenvalue weighted by Gasteiger charge is -2.49. The van der Waals surface area contributed by atoms with Gasteiger partial charge in [-0.25, -0.2) is 4.90 Å². The molecule has 0 aromatic heterocycles. The molecule has 0 radical (unpaired) electrons. The fourth-order valence-corrected chi connectivity index (χ4v) is 5.07. The number of nitrogens with one attached hydrogen (secondary N) is 1. The Bertz CT molecular complexity index is 654. The van der Waals surface area contributed by atoms with Gasteiger partial charge in [-0.3, -0.25) is 9.59 Å². The molecular weight excluding hydrogens is 330 g/mol. The van der Waals surface area contributed by atoms with Crippen molar-refractivity contribution in [1.29, 1.82) is 0 Å². The third kappa shape index (κ3) is 2.69. The summed E-state index contributed by atoms with van der Waals surface area (Å²) < 4.78 is -0.557. The summed E-state index contributed by atoms with van der Waals surface area (Å²) in [5.74, 6) is -1.36. The highest BCUT2D eigenvalue weighted by Crippen LogP contribution is 2.52. The Hall–Kier alpha value is -1.61. The first-order valence-electron chi connectivity index (χ1n) is 7.71. The quantitative estimate of drug-likeness (QED) is 0.608. The third-order valence-electron chi connectivity index (χ3n) is 4.59. The Balaban J connectivity index is 1.70. The highest BCUT2D eigenvalue weighted by atomic mass is 32.2. The van der Waals surface area contributed by atoms with Gasteiger partial charge in [0, 0.05) is 4.75 Å². The van der Waals surface area contributed by atoms with Crippen molar-refractivity contribution in [2.45, 2.75) is 48.3 Å². The molecule has 2 aliphatic rings. The van der Waals surface area contributed by atoms with E-state index >= 15 is 0 Å². The van der Waals surface area contributed by atoms with Gasteiger partial charge in [0.15, 0.2) is 0 Å². The number of carboxylic acid groups (broad SMARTS) is 1. The number of nitrogens with two attached hydrogens (primary N) is 1. The van der Waals surface area contributed by atoms with E-state index < -0.39 is 35.1 Å². The van der Waals surface area contributed by atoms with Crippen molar-refractivity contribution in [1.82, 2.24) is 10.2 Å². The molecule has 0 spiro atoms. The lowest BCUT2D eigenvalue weighted by molar-refractivity contribution is -0.170. The van der Waals surface area contributed by atoms with Crippen molar-refractivity contribution in [3.8, 4) is 0 Å². The van der Waals surface area contributed by atoms with E-state index in [1.807, 2.05) is 19.9 Å². The topological polar surface area (TPSA) is 116 Å². The van der Waals surface area contributed by atoms with Crippen LogP contribution in [0, 0.1) is 0 Å². The number of rotatable bonds is 4. The number of aliphatic hydroxyl groups excluding tert-OH is 1. The van der Waals surface area contributed by atoms with E-state index in [0.29, 0.717) is 5.56 Å². The molecule has 7 nitrogen and oxygen atoms in total. The Morgan fingerprint density at radius 2 is 1.96 bits per heavy atom. The largest absolute Gasteiger partial charge is 0.480 e.